The van der Waals surface area contributed by atoms with Gasteiger partial charge >= 0.3 is 10.2 Å². The van der Waals surface area contributed by atoms with Crippen LogP contribution in [0.15, 0.2) is 11.1 Å². The lowest BCUT2D eigenvalue weighted by Crippen LogP contribution is -2.08. The minimum Gasteiger partial charge on any atom is -0.266 e. The van der Waals surface area contributed by atoms with Crippen LogP contribution in [0.1, 0.15) is 32.0 Å². The lowest BCUT2D eigenvalue weighted by molar-refractivity contribution is 0.465. The summed E-state index contributed by atoms with van der Waals surface area (Å²) in [5.41, 5.74) is 0.349. The van der Waals surface area contributed by atoms with Gasteiger partial charge in [-0.05, 0) is 20.3 Å². The van der Waals surface area contributed by atoms with E-state index in [1.165, 1.54) is 4.68 Å². The molecule has 1 heterocycles. The zero-order valence-corrected chi connectivity index (χ0v) is 9.18. The van der Waals surface area contributed by atoms with Crippen molar-refractivity contribution in [2.45, 2.75) is 38.1 Å². The summed E-state index contributed by atoms with van der Waals surface area (Å²) >= 11 is 0. The van der Waals surface area contributed by atoms with Crippen LogP contribution in [0, 0.1) is 6.92 Å². The van der Waals surface area contributed by atoms with E-state index in [1.54, 1.807) is 6.92 Å². The van der Waals surface area contributed by atoms with E-state index in [-0.39, 0.29) is 10.9 Å². The average molecular weight is 220 g/mol. The van der Waals surface area contributed by atoms with Crippen LogP contribution >= 0.6 is 0 Å². The zero-order valence-electron chi connectivity index (χ0n) is 8.36. The Hall–Kier alpha value is -0.910. The third kappa shape index (κ3) is 1.95. The van der Waals surface area contributed by atoms with Gasteiger partial charge in [0.1, 0.15) is 4.90 Å². The lowest BCUT2D eigenvalue weighted by Gasteiger charge is -2.11. The first-order valence-corrected chi connectivity index (χ1v) is 5.75. The van der Waals surface area contributed by atoms with Gasteiger partial charge in [-0.1, -0.05) is 6.92 Å². The van der Waals surface area contributed by atoms with E-state index in [4.69, 9.17) is 0 Å². The highest BCUT2D eigenvalue weighted by Crippen LogP contribution is 2.20. The molecule has 1 unspecified atom stereocenters. The Labute approximate surface area is 82.9 Å². The van der Waals surface area contributed by atoms with Crippen molar-refractivity contribution in [1.29, 1.82) is 0 Å². The van der Waals surface area contributed by atoms with Crippen molar-refractivity contribution < 1.29 is 12.3 Å². The molecule has 0 amide bonds. The van der Waals surface area contributed by atoms with E-state index < -0.39 is 10.2 Å². The van der Waals surface area contributed by atoms with Crippen molar-refractivity contribution in [2.75, 3.05) is 0 Å². The fourth-order valence-electron chi connectivity index (χ4n) is 1.26. The molecule has 0 aliphatic heterocycles. The molecule has 0 aliphatic carbocycles. The van der Waals surface area contributed by atoms with Crippen molar-refractivity contribution in [2.24, 2.45) is 0 Å². The first-order valence-electron chi connectivity index (χ1n) is 4.36. The predicted octanol–water partition coefficient (Wildman–Crippen LogP) is 1.82. The second kappa shape index (κ2) is 3.68. The van der Waals surface area contributed by atoms with Gasteiger partial charge in [0.05, 0.1) is 11.9 Å². The first-order chi connectivity index (χ1) is 6.38. The molecule has 0 N–H and O–H groups in total. The molecule has 0 radical (unpaired) electrons. The SMILES string of the molecule is CCC(C)n1ncc(S(=O)(=O)F)c1C. The number of aromatic nitrogens is 2. The van der Waals surface area contributed by atoms with E-state index in [2.05, 4.69) is 5.10 Å². The minimum absolute atomic E-state index is 0.0745. The van der Waals surface area contributed by atoms with Crippen LogP contribution in [-0.2, 0) is 10.2 Å². The summed E-state index contributed by atoms with van der Waals surface area (Å²) in [6.45, 7) is 5.40. The Kier molecular flexibility index (Phi) is 2.94. The van der Waals surface area contributed by atoms with Crippen LogP contribution in [0.5, 0.6) is 0 Å². The van der Waals surface area contributed by atoms with Gasteiger partial charge in [-0.15, -0.1) is 3.89 Å². The summed E-state index contributed by atoms with van der Waals surface area (Å²) in [5, 5.41) is 3.85. The summed E-state index contributed by atoms with van der Waals surface area (Å²) in [6, 6.07) is 0.0745. The maximum absolute atomic E-state index is 12.7. The smallest absolute Gasteiger partial charge is 0.266 e. The molecule has 0 aliphatic rings. The summed E-state index contributed by atoms with van der Waals surface area (Å²) in [7, 11) is -4.64. The molecule has 6 heteroatoms. The normalized spacial score (nSPS) is 14.3. The number of nitrogens with zero attached hydrogens (tertiary/aromatic N) is 2. The van der Waals surface area contributed by atoms with Crippen molar-refractivity contribution in [3.8, 4) is 0 Å². The molecule has 1 rings (SSSR count). The molecule has 0 bridgehead atoms. The van der Waals surface area contributed by atoms with Gasteiger partial charge in [-0.25, -0.2) is 0 Å². The predicted molar refractivity (Wildman–Crippen MR) is 50.3 cm³/mol. The number of hydrogen-bond acceptors (Lipinski definition) is 3. The van der Waals surface area contributed by atoms with E-state index in [0.717, 1.165) is 12.6 Å². The van der Waals surface area contributed by atoms with Crippen LogP contribution in [0.4, 0.5) is 3.89 Å². The van der Waals surface area contributed by atoms with Crippen molar-refractivity contribution in [3.05, 3.63) is 11.9 Å². The topological polar surface area (TPSA) is 52.0 Å². The Balaban J connectivity index is 3.22. The fraction of sp³-hybridized carbons (Fsp3) is 0.625. The summed E-state index contributed by atoms with van der Waals surface area (Å²) < 4.78 is 35.5. The molecule has 0 spiro atoms. The lowest BCUT2D eigenvalue weighted by atomic mass is 10.2. The highest BCUT2D eigenvalue weighted by atomic mass is 32.3. The largest absolute Gasteiger partial charge is 0.335 e. The number of rotatable bonds is 3. The highest BCUT2D eigenvalue weighted by Gasteiger charge is 2.20. The molecule has 0 aromatic carbocycles. The number of halogens is 1. The van der Waals surface area contributed by atoms with E-state index >= 15 is 0 Å². The Morgan fingerprint density at radius 1 is 1.64 bits per heavy atom. The quantitative estimate of drug-likeness (QED) is 0.730. The molecule has 1 aromatic rings. The summed E-state index contributed by atoms with van der Waals surface area (Å²) in [6.07, 6.45) is 1.87. The van der Waals surface area contributed by atoms with Crippen LogP contribution < -0.4 is 0 Å². The average Bonchev–Trinajstić information content (AvgIpc) is 2.45. The first kappa shape index (κ1) is 11.2. The molecular weight excluding hydrogens is 207 g/mol. The standard InChI is InChI=1S/C8H13FN2O2S/c1-4-6(2)11-7(3)8(5-10-11)14(9,12)13/h5-6H,4H2,1-3H3. The summed E-state index contributed by atoms with van der Waals surface area (Å²) in [5.74, 6) is 0. The molecule has 1 aromatic heterocycles. The third-order valence-electron chi connectivity index (χ3n) is 2.27. The third-order valence-corrected chi connectivity index (χ3v) is 3.20. The monoisotopic (exact) mass is 220 g/mol. The van der Waals surface area contributed by atoms with Gasteiger partial charge in [0.25, 0.3) is 0 Å². The molecule has 80 valence electrons. The molecular formula is C8H13FN2O2S. The van der Waals surface area contributed by atoms with E-state index in [0.29, 0.717) is 5.69 Å². The fourth-order valence-corrected chi connectivity index (χ4v) is 1.88. The second-order valence-electron chi connectivity index (χ2n) is 3.23. The maximum atomic E-state index is 12.7. The van der Waals surface area contributed by atoms with Crippen molar-refractivity contribution >= 4 is 10.2 Å². The highest BCUT2D eigenvalue weighted by molar-refractivity contribution is 7.86. The van der Waals surface area contributed by atoms with Crippen LogP contribution in [0.3, 0.4) is 0 Å². The Morgan fingerprint density at radius 3 is 2.57 bits per heavy atom. The van der Waals surface area contributed by atoms with Crippen molar-refractivity contribution in [1.82, 2.24) is 9.78 Å². The van der Waals surface area contributed by atoms with E-state index in [1.807, 2.05) is 13.8 Å². The van der Waals surface area contributed by atoms with Gasteiger partial charge in [-0.2, -0.15) is 13.5 Å². The van der Waals surface area contributed by atoms with Gasteiger partial charge in [-0.3, -0.25) is 4.68 Å². The second-order valence-corrected chi connectivity index (χ2v) is 4.55. The van der Waals surface area contributed by atoms with Crippen LogP contribution in [0.25, 0.3) is 0 Å². The minimum atomic E-state index is -4.64. The van der Waals surface area contributed by atoms with Crippen LogP contribution in [0.2, 0.25) is 0 Å². The Bertz CT molecular complexity index is 425. The van der Waals surface area contributed by atoms with Gasteiger partial charge in [0.15, 0.2) is 0 Å². The van der Waals surface area contributed by atoms with Gasteiger partial charge in [0, 0.05) is 6.04 Å². The van der Waals surface area contributed by atoms with Gasteiger partial charge in [0.2, 0.25) is 0 Å². The zero-order chi connectivity index (χ0) is 10.9. The van der Waals surface area contributed by atoms with Gasteiger partial charge < -0.3 is 0 Å². The number of hydrogen-bond donors (Lipinski definition) is 0. The van der Waals surface area contributed by atoms with Crippen LogP contribution in [-0.4, -0.2) is 18.2 Å². The maximum Gasteiger partial charge on any atom is 0.335 e. The molecule has 0 saturated carbocycles. The molecule has 0 fully saturated rings. The Morgan fingerprint density at radius 2 is 2.21 bits per heavy atom. The van der Waals surface area contributed by atoms with E-state index in [9.17, 15) is 12.3 Å². The molecule has 0 saturated heterocycles. The molecule has 4 nitrogen and oxygen atoms in total. The molecule has 1 atom stereocenters. The van der Waals surface area contributed by atoms with Crippen molar-refractivity contribution in [3.63, 3.8) is 0 Å². The summed E-state index contributed by atoms with van der Waals surface area (Å²) in [4.78, 5) is -0.335. The molecule has 14 heavy (non-hydrogen) atoms.